The highest BCUT2D eigenvalue weighted by atomic mass is 32.2. The Bertz CT molecular complexity index is 855. The van der Waals surface area contributed by atoms with Gasteiger partial charge >= 0.3 is 0 Å². The third-order valence-corrected chi connectivity index (χ3v) is 4.65. The number of amides is 1. The second-order valence-electron chi connectivity index (χ2n) is 5.10. The lowest BCUT2D eigenvalue weighted by Crippen LogP contribution is -2.41. The average Bonchev–Trinajstić information content (AvgIpc) is 2.93. The zero-order valence-corrected chi connectivity index (χ0v) is 13.8. The van der Waals surface area contributed by atoms with Crippen molar-refractivity contribution >= 4 is 21.6 Å². The Morgan fingerprint density at radius 3 is 2.64 bits per heavy atom. The summed E-state index contributed by atoms with van der Waals surface area (Å²) in [6.45, 7) is 0.628. The van der Waals surface area contributed by atoms with Crippen LogP contribution in [0.25, 0.3) is 0 Å². The second kappa shape index (κ2) is 7.66. The molecule has 0 aliphatic carbocycles. The van der Waals surface area contributed by atoms with Crippen molar-refractivity contribution in [1.29, 1.82) is 0 Å². The minimum absolute atomic E-state index is 0.127. The largest absolute Gasteiger partial charge is 0.322 e. The van der Waals surface area contributed by atoms with Crippen LogP contribution in [0.1, 0.15) is 6.92 Å². The van der Waals surface area contributed by atoms with E-state index < -0.39 is 45.7 Å². The summed E-state index contributed by atoms with van der Waals surface area (Å²) in [5, 5.41) is 5.97. The van der Waals surface area contributed by atoms with Crippen LogP contribution in [-0.2, 0) is 21.4 Å². The van der Waals surface area contributed by atoms with Crippen molar-refractivity contribution in [2.75, 3.05) is 5.32 Å². The summed E-state index contributed by atoms with van der Waals surface area (Å²) >= 11 is 0. The Hall–Kier alpha value is -2.40. The van der Waals surface area contributed by atoms with Gasteiger partial charge in [0.1, 0.15) is 17.3 Å². The zero-order chi connectivity index (χ0) is 18.6. The van der Waals surface area contributed by atoms with Gasteiger partial charge in [-0.15, -0.1) is 0 Å². The molecular formula is C14H15F3N4O3S. The number of nitrogens with zero attached hydrogens (tertiary/aromatic N) is 2. The molecule has 0 unspecified atom stereocenters. The van der Waals surface area contributed by atoms with Crippen molar-refractivity contribution in [3.05, 3.63) is 42.5 Å². The number of rotatable bonds is 7. The normalized spacial score (nSPS) is 13.0. The number of carbonyl (C=O) groups excluding carboxylic acids is 1. The Morgan fingerprint density at radius 2 is 2.00 bits per heavy atom. The standard InChI is InChI=1S/C14H15F3N4O3S/c1-9(20-25(23,24)12-5-3-2-4-11(12)15)14(22)19-10-6-18-21(7-10)8-13(16)17/h2-7,9,13,20H,8H2,1H3,(H,19,22)/t9-/m0/s1. The molecule has 0 fully saturated rings. The number of carbonyl (C=O) groups is 1. The number of halogens is 3. The van der Waals surface area contributed by atoms with E-state index in [9.17, 15) is 26.4 Å². The van der Waals surface area contributed by atoms with Gasteiger partial charge in [-0.1, -0.05) is 12.1 Å². The fraction of sp³-hybridized carbons (Fsp3) is 0.286. The highest BCUT2D eigenvalue weighted by molar-refractivity contribution is 7.89. The quantitative estimate of drug-likeness (QED) is 0.768. The van der Waals surface area contributed by atoms with Gasteiger partial charge in [0.05, 0.1) is 17.9 Å². The first-order valence-corrected chi connectivity index (χ1v) is 8.55. The van der Waals surface area contributed by atoms with E-state index in [1.165, 1.54) is 25.3 Å². The molecule has 0 aliphatic heterocycles. The summed E-state index contributed by atoms with van der Waals surface area (Å²) in [4.78, 5) is 11.4. The first-order chi connectivity index (χ1) is 11.7. The van der Waals surface area contributed by atoms with E-state index in [-0.39, 0.29) is 5.69 Å². The van der Waals surface area contributed by atoms with Crippen molar-refractivity contribution < 1.29 is 26.4 Å². The first kappa shape index (κ1) is 18.9. The van der Waals surface area contributed by atoms with Gasteiger partial charge in [0.2, 0.25) is 15.9 Å². The minimum atomic E-state index is -4.24. The van der Waals surface area contributed by atoms with E-state index in [0.29, 0.717) is 0 Å². The van der Waals surface area contributed by atoms with Gasteiger partial charge in [-0.2, -0.15) is 9.82 Å². The number of nitrogens with one attached hydrogen (secondary N) is 2. The van der Waals surface area contributed by atoms with E-state index in [1.54, 1.807) is 0 Å². The number of alkyl halides is 2. The van der Waals surface area contributed by atoms with Crippen molar-refractivity contribution in [3.63, 3.8) is 0 Å². The van der Waals surface area contributed by atoms with Crippen LogP contribution in [0.15, 0.2) is 41.6 Å². The highest BCUT2D eigenvalue weighted by Gasteiger charge is 2.24. The van der Waals surface area contributed by atoms with Crippen LogP contribution in [0.2, 0.25) is 0 Å². The summed E-state index contributed by atoms with van der Waals surface area (Å²) in [5.74, 6) is -1.70. The third-order valence-electron chi connectivity index (χ3n) is 3.08. The van der Waals surface area contributed by atoms with E-state index in [2.05, 4.69) is 10.4 Å². The molecule has 2 N–H and O–H groups in total. The van der Waals surface area contributed by atoms with Crippen molar-refractivity contribution in [2.45, 2.75) is 30.8 Å². The van der Waals surface area contributed by atoms with Gasteiger partial charge in [0.25, 0.3) is 6.43 Å². The molecule has 0 saturated heterocycles. The van der Waals surface area contributed by atoms with Gasteiger partial charge in [-0.3, -0.25) is 9.48 Å². The SMILES string of the molecule is C[C@H](NS(=O)(=O)c1ccccc1F)C(=O)Nc1cnn(CC(F)F)c1. The van der Waals surface area contributed by atoms with Gasteiger partial charge in [0.15, 0.2) is 0 Å². The molecule has 2 aromatic rings. The van der Waals surface area contributed by atoms with Crippen LogP contribution in [0, 0.1) is 5.82 Å². The van der Waals surface area contributed by atoms with Crippen LogP contribution in [0.4, 0.5) is 18.9 Å². The number of hydrogen-bond donors (Lipinski definition) is 2. The van der Waals surface area contributed by atoms with E-state index in [4.69, 9.17) is 0 Å². The van der Waals surface area contributed by atoms with E-state index >= 15 is 0 Å². The van der Waals surface area contributed by atoms with Crippen LogP contribution in [0.5, 0.6) is 0 Å². The first-order valence-electron chi connectivity index (χ1n) is 7.07. The molecule has 25 heavy (non-hydrogen) atoms. The maximum atomic E-state index is 13.6. The number of aromatic nitrogens is 2. The van der Waals surface area contributed by atoms with Crippen LogP contribution in [-0.4, -0.2) is 36.6 Å². The van der Waals surface area contributed by atoms with Crippen molar-refractivity contribution in [1.82, 2.24) is 14.5 Å². The lowest BCUT2D eigenvalue weighted by Gasteiger charge is -2.14. The lowest BCUT2D eigenvalue weighted by atomic mass is 10.3. The Balaban J connectivity index is 2.03. The lowest BCUT2D eigenvalue weighted by molar-refractivity contribution is -0.117. The molecule has 0 aliphatic rings. The summed E-state index contributed by atoms with van der Waals surface area (Å²) in [6.07, 6.45) is -0.268. The maximum Gasteiger partial charge on any atom is 0.257 e. The molecule has 1 amide bonds. The Morgan fingerprint density at radius 1 is 1.32 bits per heavy atom. The summed E-state index contributed by atoms with van der Waals surface area (Å²) < 4.78 is 65.3. The van der Waals surface area contributed by atoms with E-state index in [1.807, 2.05) is 4.72 Å². The molecule has 0 saturated carbocycles. The number of sulfonamides is 1. The average molecular weight is 376 g/mol. The summed E-state index contributed by atoms with van der Waals surface area (Å²) in [5.41, 5.74) is 0.127. The zero-order valence-electron chi connectivity index (χ0n) is 13.0. The fourth-order valence-corrected chi connectivity index (χ4v) is 3.21. The van der Waals surface area contributed by atoms with Gasteiger partial charge in [-0.05, 0) is 19.1 Å². The predicted octanol–water partition coefficient (Wildman–Crippen LogP) is 1.59. The van der Waals surface area contributed by atoms with Crippen LogP contribution >= 0.6 is 0 Å². The van der Waals surface area contributed by atoms with Gasteiger partial charge in [0, 0.05) is 6.20 Å². The molecule has 1 aromatic carbocycles. The smallest absolute Gasteiger partial charge is 0.257 e. The topological polar surface area (TPSA) is 93.1 Å². The second-order valence-corrected chi connectivity index (χ2v) is 6.79. The molecule has 1 atom stereocenters. The van der Waals surface area contributed by atoms with Crippen LogP contribution in [0.3, 0.4) is 0 Å². The monoisotopic (exact) mass is 376 g/mol. The molecule has 136 valence electrons. The number of hydrogen-bond acceptors (Lipinski definition) is 4. The highest BCUT2D eigenvalue weighted by Crippen LogP contribution is 2.14. The van der Waals surface area contributed by atoms with Gasteiger partial charge < -0.3 is 5.32 Å². The molecule has 2 rings (SSSR count). The fourth-order valence-electron chi connectivity index (χ4n) is 1.93. The van der Waals surface area contributed by atoms with E-state index in [0.717, 1.165) is 23.0 Å². The predicted molar refractivity (Wildman–Crippen MR) is 83.0 cm³/mol. The molecular weight excluding hydrogens is 361 g/mol. The third kappa shape index (κ3) is 5.03. The summed E-state index contributed by atoms with van der Waals surface area (Å²) in [7, 11) is -4.24. The minimum Gasteiger partial charge on any atom is -0.322 e. The molecule has 1 aromatic heterocycles. The number of anilines is 1. The maximum absolute atomic E-state index is 13.6. The van der Waals surface area contributed by atoms with Crippen LogP contribution < -0.4 is 10.0 Å². The summed E-state index contributed by atoms with van der Waals surface area (Å²) in [6, 6.07) is 3.50. The van der Waals surface area contributed by atoms with Crippen molar-refractivity contribution in [3.8, 4) is 0 Å². The van der Waals surface area contributed by atoms with Gasteiger partial charge in [-0.25, -0.2) is 21.6 Å². The van der Waals surface area contributed by atoms with Crippen molar-refractivity contribution in [2.24, 2.45) is 0 Å². The Labute approximate surface area is 141 Å². The molecule has 1 heterocycles. The molecule has 0 bridgehead atoms. The molecule has 0 spiro atoms. The molecule has 0 radical (unpaired) electrons. The molecule has 11 heteroatoms. The number of benzene rings is 1. The Kier molecular flexibility index (Phi) is 5.80. The molecule has 7 nitrogen and oxygen atoms in total.